The second-order valence-corrected chi connectivity index (χ2v) is 3.13. The monoisotopic (exact) mass is 181 g/mol. The van der Waals surface area contributed by atoms with Gasteiger partial charge in [-0.1, -0.05) is 0 Å². The van der Waals surface area contributed by atoms with Crippen molar-refractivity contribution in [2.45, 2.75) is 12.5 Å². The third-order valence-electron chi connectivity index (χ3n) is 2.15. The first-order chi connectivity index (χ1) is 6.27. The van der Waals surface area contributed by atoms with Crippen molar-refractivity contribution in [1.29, 1.82) is 0 Å². The Morgan fingerprint density at radius 1 is 1.69 bits per heavy atom. The Morgan fingerprint density at radius 2 is 2.54 bits per heavy atom. The Bertz CT molecular complexity index is 349. The molecule has 1 aliphatic heterocycles. The number of rotatable bonds is 1. The fourth-order valence-corrected chi connectivity index (χ4v) is 1.50. The van der Waals surface area contributed by atoms with E-state index in [0.29, 0.717) is 25.3 Å². The van der Waals surface area contributed by atoms with Crippen molar-refractivity contribution in [3.8, 4) is 0 Å². The van der Waals surface area contributed by atoms with E-state index in [-0.39, 0.29) is 11.7 Å². The summed E-state index contributed by atoms with van der Waals surface area (Å²) >= 11 is 0. The van der Waals surface area contributed by atoms with Crippen molar-refractivity contribution < 1.29 is 5.11 Å². The standard InChI is InChI=1S/C8H11N3O2/c12-6-1-4-11(5-6)7-8(13)10-3-2-9-7/h2-3,6,12H,1,4-5H2,(H,10,13). The molecule has 1 atom stereocenters. The van der Waals surface area contributed by atoms with E-state index < -0.39 is 0 Å². The summed E-state index contributed by atoms with van der Waals surface area (Å²) in [5, 5.41) is 9.27. The topological polar surface area (TPSA) is 69.2 Å². The maximum Gasteiger partial charge on any atom is 0.290 e. The molecule has 2 rings (SSSR count). The second-order valence-electron chi connectivity index (χ2n) is 3.13. The van der Waals surface area contributed by atoms with Crippen molar-refractivity contribution in [2.75, 3.05) is 18.0 Å². The van der Waals surface area contributed by atoms with Gasteiger partial charge in [0, 0.05) is 25.5 Å². The molecule has 0 aliphatic carbocycles. The second kappa shape index (κ2) is 3.18. The first kappa shape index (κ1) is 8.25. The third-order valence-corrected chi connectivity index (χ3v) is 2.15. The predicted molar refractivity (Wildman–Crippen MR) is 47.7 cm³/mol. The number of aliphatic hydroxyl groups is 1. The molecule has 2 heterocycles. The number of β-amino-alcohol motifs (C(OH)–C–C–N with tert-alkyl or cyclic N) is 1. The molecule has 2 N–H and O–H groups in total. The number of H-pyrrole nitrogens is 1. The number of nitrogens with one attached hydrogen (secondary N) is 1. The lowest BCUT2D eigenvalue weighted by Crippen LogP contribution is -2.28. The van der Waals surface area contributed by atoms with Gasteiger partial charge in [0.15, 0.2) is 5.82 Å². The molecule has 13 heavy (non-hydrogen) atoms. The molecule has 70 valence electrons. The van der Waals surface area contributed by atoms with Crippen molar-refractivity contribution in [2.24, 2.45) is 0 Å². The minimum absolute atomic E-state index is 0.198. The number of anilines is 1. The van der Waals surface area contributed by atoms with E-state index in [2.05, 4.69) is 9.97 Å². The van der Waals surface area contributed by atoms with E-state index >= 15 is 0 Å². The van der Waals surface area contributed by atoms with Gasteiger partial charge in [-0.25, -0.2) is 4.98 Å². The van der Waals surface area contributed by atoms with Crippen molar-refractivity contribution >= 4 is 5.82 Å². The molecule has 1 aromatic heterocycles. The van der Waals surface area contributed by atoms with Gasteiger partial charge >= 0.3 is 0 Å². The smallest absolute Gasteiger partial charge is 0.290 e. The molecule has 0 bridgehead atoms. The van der Waals surface area contributed by atoms with Gasteiger partial charge in [0.2, 0.25) is 0 Å². The maximum atomic E-state index is 11.3. The average Bonchev–Trinajstić information content (AvgIpc) is 2.53. The minimum atomic E-state index is -0.332. The summed E-state index contributed by atoms with van der Waals surface area (Å²) < 4.78 is 0. The van der Waals surface area contributed by atoms with Crippen LogP contribution in [0.3, 0.4) is 0 Å². The van der Waals surface area contributed by atoms with E-state index in [0.717, 1.165) is 0 Å². The van der Waals surface area contributed by atoms with Crippen LogP contribution in [0.25, 0.3) is 0 Å². The Kier molecular flexibility index (Phi) is 2.02. The zero-order valence-corrected chi connectivity index (χ0v) is 7.10. The number of aromatic nitrogens is 2. The Hall–Kier alpha value is -1.36. The van der Waals surface area contributed by atoms with Crippen molar-refractivity contribution in [3.05, 3.63) is 22.7 Å². The summed E-state index contributed by atoms with van der Waals surface area (Å²) in [6, 6.07) is 0. The Morgan fingerprint density at radius 3 is 3.15 bits per heavy atom. The Labute approximate surface area is 75.0 Å². The van der Waals surface area contributed by atoms with Gasteiger partial charge in [-0.2, -0.15) is 0 Å². The highest BCUT2D eigenvalue weighted by atomic mass is 16.3. The van der Waals surface area contributed by atoms with Gasteiger partial charge in [-0.15, -0.1) is 0 Å². The molecule has 0 aromatic carbocycles. The number of hydrogen-bond acceptors (Lipinski definition) is 4. The first-order valence-electron chi connectivity index (χ1n) is 4.24. The lowest BCUT2D eigenvalue weighted by Gasteiger charge is -2.14. The lowest BCUT2D eigenvalue weighted by molar-refractivity contribution is 0.198. The molecule has 1 unspecified atom stereocenters. The number of aliphatic hydroxyl groups excluding tert-OH is 1. The molecular weight excluding hydrogens is 170 g/mol. The number of nitrogens with zero attached hydrogens (tertiary/aromatic N) is 2. The first-order valence-corrected chi connectivity index (χ1v) is 4.24. The summed E-state index contributed by atoms with van der Waals surface area (Å²) in [5.41, 5.74) is -0.198. The van der Waals surface area contributed by atoms with Gasteiger partial charge in [0.25, 0.3) is 5.56 Å². The van der Waals surface area contributed by atoms with E-state index in [1.807, 2.05) is 0 Å². The van der Waals surface area contributed by atoms with Crippen LogP contribution >= 0.6 is 0 Å². The van der Waals surface area contributed by atoms with Crippen LogP contribution in [-0.4, -0.2) is 34.3 Å². The van der Waals surface area contributed by atoms with Crippen LogP contribution < -0.4 is 10.5 Å². The van der Waals surface area contributed by atoms with Crippen LogP contribution in [0.15, 0.2) is 17.2 Å². The van der Waals surface area contributed by atoms with E-state index in [9.17, 15) is 9.90 Å². The number of aromatic amines is 1. The van der Waals surface area contributed by atoms with Crippen molar-refractivity contribution in [3.63, 3.8) is 0 Å². The zero-order valence-electron chi connectivity index (χ0n) is 7.10. The molecule has 0 spiro atoms. The fourth-order valence-electron chi connectivity index (χ4n) is 1.50. The normalized spacial score (nSPS) is 22.2. The quantitative estimate of drug-likeness (QED) is 0.603. The van der Waals surface area contributed by atoms with Crippen LogP contribution in [0.1, 0.15) is 6.42 Å². The minimum Gasteiger partial charge on any atom is -0.391 e. The highest BCUT2D eigenvalue weighted by Gasteiger charge is 2.22. The van der Waals surface area contributed by atoms with Crippen LogP contribution in [0, 0.1) is 0 Å². The third kappa shape index (κ3) is 1.55. The number of hydrogen-bond donors (Lipinski definition) is 2. The van der Waals surface area contributed by atoms with Gasteiger partial charge in [-0.05, 0) is 6.42 Å². The summed E-state index contributed by atoms with van der Waals surface area (Å²) in [4.78, 5) is 19.6. The van der Waals surface area contributed by atoms with Gasteiger partial charge in [-0.3, -0.25) is 4.79 Å². The van der Waals surface area contributed by atoms with E-state index in [1.165, 1.54) is 6.20 Å². The van der Waals surface area contributed by atoms with Crippen molar-refractivity contribution in [1.82, 2.24) is 9.97 Å². The highest BCUT2D eigenvalue weighted by molar-refractivity contribution is 5.36. The Balaban J connectivity index is 2.26. The molecule has 1 fully saturated rings. The fraction of sp³-hybridized carbons (Fsp3) is 0.500. The SMILES string of the molecule is O=c1[nH]ccnc1N1CCC(O)C1. The van der Waals surface area contributed by atoms with Gasteiger partial charge in [0.05, 0.1) is 6.10 Å². The molecule has 1 saturated heterocycles. The summed E-state index contributed by atoms with van der Waals surface area (Å²) in [7, 11) is 0. The van der Waals surface area contributed by atoms with Crippen LogP contribution in [0.4, 0.5) is 5.82 Å². The van der Waals surface area contributed by atoms with Gasteiger partial charge in [0.1, 0.15) is 0 Å². The largest absolute Gasteiger partial charge is 0.391 e. The summed E-state index contributed by atoms with van der Waals surface area (Å²) in [5.74, 6) is 0.402. The highest BCUT2D eigenvalue weighted by Crippen LogP contribution is 2.13. The van der Waals surface area contributed by atoms with Gasteiger partial charge < -0.3 is 15.0 Å². The lowest BCUT2D eigenvalue weighted by atomic mass is 10.3. The molecule has 0 saturated carbocycles. The van der Waals surface area contributed by atoms with Crippen LogP contribution in [-0.2, 0) is 0 Å². The maximum absolute atomic E-state index is 11.3. The predicted octanol–water partition coefficient (Wildman–Crippen LogP) is -0.659. The summed E-state index contributed by atoms with van der Waals surface area (Å²) in [6.07, 6.45) is 3.41. The molecular formula is C8H11N3O2. The zero-order chi connectivity index (χ0) is 9.26. The molecule has 5 nitrogen and oxygen atoms in total. The molecule has 5 heteroatoms. The van der Waals surface area contributed by atoms with Crippen LogP contribution in [0.2, 0.25) is 0 Å². The van der Waals surface area contributed by atoms with E-state index in [1.54, 1.807) is 11.1 Å². The average molecular weight is 181 g/mol. The molecule has 1 aliphatic rings. The summed E-state index contributed by atoms with van der Waals surface area (Å²) in [6.45, 7) is 1.20. The molecule has 0 amide bonds. The van der Waals surface area contributed by atoms with E-state index in [4.69, 9.17) is 0 Å². The molecule has 1 aromatic rings. The van der Waals surface area contributed by atoms with Crippen LogP contribution in [0.5, 0.6) is 0 Å². The molecule has 0 radical (unpaired) electrons.